The topological polar surface area (TPSA) is 30.2 Å². The number of imidazole rings is 1. The van der Waals surface area contributed by atoms with Crippen LogP contribution in [0.2, 0.25) is 0 Å². The Bertz CT molecular complexity index is 2920. The van der Waals surface area contributed by atoms with Crippen LogP contribution in [-0.4, -0.2) is 14.4 Å². The lowest BCUT2D eigenvalue weighted by atomic mass is 9.95. The summed E-state index contributed by atoms with van der Waals surface area (Å²) in [4.78, 5) is 10.1. The van der Waals surface area contributed by atoms with Crippen molar-refractivity contribution in [2.75, 3.05) is 0 Å². The molecule has 3 heteroatoms. The first-order valence-electron chi connectivity index (χ1n) is 17.1. The molecule has 0 unspecified atom stereocenters. The van der Waals surface area contributed by atoms with E-state index in [0.717, 1.165) is 39.0 Å². The highest BCUT2D eigenvalue weighted by Gasteiger charge is 2.15. The Hall–Kier alpha value is -6.58. The number of aromatic nitrogens is 3. The van der Waals surface area contributed by atoms with Crippen LogP contribution >= 0.6 is 0 Å². The smallest absolute Gasteiger partial charge is 0.149 e. The summed E-state index contributed by atoms with van der Waals surface area (Å²) in [5.74, 6) is 0.894. The van der Waals surface area contributed by atoms with Gasteiger partial charge in [0.05, 0.1) is 16.6 Å². The highest BCUT2D eigenvalue weighted by Crippen LogP contribution is 2.34. The van der Waals surface area contributed by atoms with E-state index in [9.17, 15) is 0 Å². The molecule has 0 radical (unpaired) electrons. The van der Waals surface area contributed by atoms with Gasteiger partial charge in [-0.15, -0.1) is 0 Å². The first-order valence-corrected chi connectivity index (χ1v) is 17.1. The van der Waals surface area contributed by atoms with E-state index in [4.69, 9.17) is 9.97 Å². The van der Waals surface area contributed by atoms with Crippen LogP contribution in [0.4, 0.5) is 0 Å². The quantitative estimate of drug-likeness (QED) is 0.192. The second kappa shape index (κ2) is 11.3. The van der Waals surface area contributed by atoms with Crippen LogP contribution in [0.5, 0.6) is 0 Å². The number of hydrogen-bond acceptors (Lipinski definition) is 2. The van der Waals surface area contributed by atoms with Crippen molar-refractivity contribution < 1.29 is 0 Å². The van der Waals surface area contributed by atoms with E-state index in [0.29, 0.717) is 0 Å². The van der Waals surface area contributed by atoms with Gasteiger partial charge in [-0.25, -0.2) is 9.97 Å². The van der Waals surface area contributed by atoms with Gasteiger partial charge in [0.1, 0.15) is 11.5 Å². The number of hydrogen-bond donors (Lipinski definition) is 0. The zero-order chi connectivity index (χ0) is 33.2. The molecule has 10 rings (SSSR count). The van der Waals surface area contributed by atoms with Crippen LogP contribution < -0.4 is 0 Å². The maximum atomic E-state index is 5.13. The van der Waals surface area contributed by atoms with Gasteiger partial charge in [0.2, 0.25) is 0 Å². The number of benzene rings is 8. The average Bonchev–Trinajstić information content (AvgIpc) is 3.57. The predicted molar refractivity (Wildman–Crippen MR) is 209 cm³/mol. The average molecular weight is 638 g/mol. The molecule has 0 aliphatic carbocycles. The van der Waals surface area contributed by atoms with Crippen molar-refractivity contribution in [2.45, 2.75) is 6.92 Å². The molecule has 0 aliphatic rings. The molecule has 10 aromatic rings. The van der Waals surface area contributed by atoms with Crippen molar-refractivity contribution in [3.05, 3.63) is 175 Å². The lowest BCUT2D eigenvalue weighted by Crippen LogP contribution is -1.98. The van der Waals surface area contributed by atoms with Crippen LogP contribution in [-0.2, 0) is 0 Å². The molecule has 8 aromatic carbocycles. The number of aryl methyl sites for hydroxylation is 1. The Morgan fingerprint density at radius 3 is 1.40 bits per heavy atom. The van der Waals surface area contributed by atoms with Gasteiger partial charge >= 0.3 is 0 Å². The fourth-order valence-corrected chi connectivity index (χ4v) is 7.31. The molecule has 0 aliphatic heterocycles. The van der Waals surface area contributed by atoms with E-state index in [2.05, 4.69) is 163 Å². The summed E-state index contributed by atoms with van der Waals surface area (Å²) in [7, 11) is 0. The van der Waals surface area contributed by atoms with Crippen molar-refractivity contribution >= 4 is 49.1 Å². The summed E-state index contributed by atoms with van der Waals surface area (Å²) < 4.78 is 2.19. The molecule has 234 valence electrons. The normalized spacial score (nSPS) is 11.7. The molecule has 0 amide bonds. The molecule has 2 aromatic heterocycles. The summed E-state index contributed by atoms with van der Waals surface area (Å²) in [6, 6.07) is 61.1. The zero-order valence-electron chi connectivity index (χ0n) is 27.5. The zero-order valence-corrected chi connectivity index (χ0v) is 27.5. The summed E-state index contributed by atoms with van der Waals surface area (Å²) in [6.45, 7) is 2.13. The molecule has 3 nitrogen and oxygen atoms in total. The van der Waals surface area contributed by atoms with Crippen LogP contribution in [0.15, 0.2) is 170 Å². The second-order valence-electron chi connectivity index (χ2n) is 13.2. The van der Waals surface area contributed by atoms with Crippen LogP contribution in [0.25, 0.3) is 93.9 Å². The Labute approximate surface area is 289 Å². The number of fused-ring (bicyclic) bond motifs is 7. The highest BCUT2D eigenvalue weighted by atomic mass is 15.1. The third-order valence-corrected chi connectivity index (χ3v) is 10.0. The third kappa shape index (κ3) is 4.75. The fourth-order valence-electron chi connectivity index (χ4n) is 7.31. The van der Waals surface area contributed by atoms with Gasteiger partial charge in [0.15, 0.2) is 0 Å². The Balaban J connectivity index is 0.966. The Morgan fingerprint density at radius 1 is 0.380 bits per heavy atom. The van der Waals surface area contributed by atoms with Gasteiger partial charge in [-0.2, -0.15) is 0 Å². The molecular weight excluding hydrogens is 607 g/mol. The molecule has 0 spiro atoms. The Morgan fingerprint density at radius 2 is 0.820 bits per heavy atom. The van der Waals surface area contributed by atoms with Crippen molar-refractivity contribution in [3.63, 3.8) is 0 Å². The first-order chi connectivity index (χ1) is 24.6. The fraction of sp³-hybridized carbons (Fsp3) is 0.0213. The van der Waals surface area contributed by atoms with Crippen molar-refractivity contribution in [3.8, 4) is 44.8 Å². The molecule has 0 saturated heterocycles. The van der Waals surface area contributed by atoms with E-state index in [1.54, 1.807) is 0 Å². The van der Waals surface area contributed by atoms with Crippen molar-refractivity contribution in [1.29, 1.82) is 0 Å². The summed E-state index contributed by atoms with van der Waals surface area (Å²) in [5.41, 5.74) is 13.5. The molecule has 0 bridgehead atoms. The predicted octanol–water partition coefficient (Wildman–Crippen LogP) is 12.3. The summed E-state index contributed by atoms with van der Waals surface area (Å²) >= 11 is 0. The first kappa shape index (κ1) is 28.4. The molecule has 0 saturated carbocycles. The van der Waals surface area contributed by atoms with E-state index in [1.807, 2.05) is 18.2 Å². The SMILES string of the molecule is Cc1ccc(-c2ccc3cc(-c4ccc5cc(-c6ccc(-c7nc8ccccc8c8nc9ccccc9n78)cc6)ccc5c4)ccc3c2)cc1. The van der Waals surface area contributed by atoms with E-state index < -0.39 is 0 Å². The minimum Gasteiger partial charge on any atom is -0.276 e. The monoisotopic (exact) mass is 637 g/mol. The molecule has 0 atom stereocenters. The molecule has 2 heterocycles. The lowest BCUT2D eigenvalue weighted by molar-refractivity contribution is 1.16. The van der Waals surface area contributed by atoms with Gasteiger partial charge in [0, 0.05) is 10.9 Å². The van der Waals surface area contributed by atoms with Crippen molar-refractivity contribution in [1.82, 2.24) is 14.4 Å². The lowest BCUT2D eigenvalue weighted by Gasteiger charge is -2.11. The van der Waals surface area contributed by atoms with Crippen LogP contribution in [0, 0.1) is 6.92 Å². The standard InChI is InChI=1S/C47H31N3/c1-30-10-12-31(13-11-30)34-18-20-38-28-40(24-22-36(38)26-34)41-25-23-37-27-35(19-21-39(37)29-41)32-14-16-33(17-15-32)46-48-43-7-3-2-6-42(43)47-49-44-8-4-5-9-45(44)50(46)47/h2-29H,1H3. The molecule has 0 N–H and O–H groups in total. The van der Waals surface area contributed by atoms with Gasteiger partial charge in [0.25, 0.3) is 0 Å². The molecule has 50 heavy (non-hydrogen) atoms. The van der Waals surface area contributed by atoms with Gasteiger partial charge < -0.3 is 0 Å². The van der Waals surface area contributed by atoms with E-state index in [-0.39, 0.29) is 0 Å². The maximum Gasteiger partial charge on any atom is 0.149 e. The highest BCUT2D eigenvalue weighted by molar-refractivity contribution is 5.99. The van der Waals surface area contributed by atoms with Crippen LogP contribution in [0.3, 0.4) is 0 Å². The number of rotatable bonds is 4. The minimum atomic E-state index is 0.894. The van der Waals surface area contributed by atoms with Crippen LogP contribution in [0.1, 0.15) is 5.56 Å². The minimum absolute atomic E-state index is 0.894. The van der Waals surface area contributed by atoms with Crippen molar-refractivity contribution in [2.24, 2.45) is 0 Å². The maximum absolute atomic E-state index is 5.13. The summed E-state index contributed by atoms with van der Waals surface area (Å²) in [5, 5.41) is 6.01. The largest absolute Gasteiger partial charge is 0.276 e. The molecular formula is C47H31N3. The number of nitrogens with zero attached hydrogens (tertiary/aromatic N) is 3. The second-order valence-corrected chi connectivity index (χ2v) is 13.2. The van der Waals surface area contributed by atoms with E-state index >= 15 is 0 Å². The van der Waals surface area contributed by atoms with E-state index in [1.165, 1.54) is 60.5 Å². The third-order valence-electron chi connectivity index (χ3n) is 10.0. The molecule has 0 fully saturated rings. The van der Waals surface area contributed by atoms with Gasteiger partial charge in [-0.05, 0) is 110 Å². The van der Waals surface area contributed by atoms with Gasteiger partial charge in [-0.1, -0.05) is 127 Å². The van der Waals surface area contributed by atoms with Gasteiger partial charge in [-0.3, -0.25) is 4.40 Å². The summed E-state index contributed by atoms with van der Waals surface area (Å²) in [6.07, 6.45) is 0. The Kier molecular flexibility index (Phi) is 6.40. The number of para-hydroxylation sites is 3.